The highest BCUT2D eigenvalue weighted by atomic mass is 35.5. The number of hydrogen-bond donors (Lipinski definition) is 1. The summed E-state index contributed by atoms with van der Waals surface area (Å²) in [6.45, 7) is 10.1. The first-order valence-electron chi connectivity index (χ1n) is 11.0. The Hall–Kier alpha value is -1.15. The van der Waals surface area contributed by atoms with E-state index in [4.69, 9.17) is 11.6 Å². The minimum Gasteiger partial charge on any atom is -0.350 e. The smallest absolute Gasteiger partial charge is 0.251 e. The number of benzene rings is 1. The van der Waals surface area contributed by atoms with Gasteiger partial charge in [-0.15, -0.1) is 0 Å². The van der Waals surface area contributed by atoms with Crippen LogP contribution in [0, 0.1) is 11.8 Å². The first-order valence-corrected chi connectivity index (χ1v) is 12.8. The van der Waals surface area contributed by atoms with Crippen molar-refractivity contribution in [3.05, 3.63) is 28.8 Å². The van der Waals surface area contributed by atoms with Crippen molar-refractivity contribution in [1.82, 2.24) is 14.5 Å². The minimum atomic E-state index is -3.72. The van der Waals surface area contributed by atoms with Gasteiger partial charge in [0.1, 0.15) is 4.90 Å². The van der Waals surface area contributed by atoms with Crippen molar-refractivity contribution in [2.45, 2.75) is 57.4 Å². The Morgan fingerprint density at radius 2 is 1.87 bits per heavy atom. The Balaban J connectivity index is 1.67. The van der Waals surface area contributed by atoms with E-state index in [0.29, 0.717) is 31.1 Å². The molecule has 8 heteroatoms. The van der Waals surface area contributed by atoms with Gasteiger partial charge in [-0.1, -0.05) is 25.4 Å². The van der Waals surface area contributed by atoms with Crippen LogP contribution in [-0.2, 0) is 10.0 Å². The molecule has 2 saturated heterocycles. The van der Waals surface area contributed by atoms with Crippen LogP contribution in [0.1, 0.15) is 56.8 Å². The molecule has 2 atom stereocenters. The van der Waals surface area contributed by atoms with E-state index in [0.717, 1.165) is 31.8 Å². The zero-order valence-electron chi connectivity index (χ0n) is 18.2. The lowest BCUT2D eigenvalue weighted by molar-refractivity contribution is 0.0921. The summed E-state index contributed by atoms with van der Waals surface area (Å²) in [6, 6.07) is 4.75. The molecular formula is C22H34ClN3O3S. The molecule has 0 aromatic heterocycles. The molecule has 0 spiro atoms. The van der Waals surface area contributed by atoms with Crippen LogP contribution in [-0.4, -0.2) is 62.3 Å². The zero-order valence-corrected chi connectivity index (χ0v) is 19.8. The van der Waals surface area contributed by atoms with Crippen LogP contribution >= 0.6 is 11.6 Å². The number of nitrogens with zero attached hydrogens (tertiary/aromatic N) is 2. The van der Waals surface area contributed by atoms with Crippen LogP contribution in [0.15, 0.2) is 23.1 Å². The molecule has 1 aromatic carbocycles. The number of halogens is 1. The third kappa shape index (κ3) is 5.55. The lowest BCUT2D eigenvalue weighted by Gasteiger charge is -2.35. The van der Waals surface area contributed by atoms with Gasteiger partial charge >= 0.3 is 0 Å². The van der Waals surface area contributed by atoms with E-state index in [1.807, 2.05) is 0 Å². The predicted octanol–water partition coefficient (Wildman–Crippen LogP) is 3.61. The predicted molar refractivity (Wildman–Crippen MR) is 120 cm³/mol. The minimum absolute atomic E-state index is 0.0176. The molecule has 30 heavy (non-hydrogen) atoms. The summed E-state index contributed by atoms with van der Waals surface area (Å²) in [5, 5.41) is 3.11. The third-order valence-corrected chi connectivity index (χ3v) is 8.78. The third-order valence-electron chi connectivity index (χ3n) is 6.43. The number of likely N-dealkylation sites (tertiary alicyclic amines) is 1. The van der Waals surface area contributed by atoms with Crippen molar-refractivity contribution >= 4 is 27.5 Å². The van der Waals surface area contributed by atoms with Gasteiger partial charge in [0.25, 0.3) is 5.91 Å². The largest absolute Gasteiger partial charge is 0.350 e. The number of rotatable bonds is 6. The molecule has 168 valence electrons. The Kier molecular flexibility index (Phi) is 7.82. The van der Waals surface area contributed by atoms with Crippen molar-refractivity contribution in [2.24, 2.45) is 11.8 Å². The lowest BCUT2D eigenvalue weighted by Crippen LogP contribution is -2.45. The Labute approximate surface area is 186 Å². The van der Waals surface area contributed by atoms with Gasteiger partial charge in [0.2, 0.25) is 10.0 Å². The van der Waals surface area contributed by atoms with Gasteiger partial charge in [-0.2, -0.15) is 4.31 Å². The summed E-state index contributed by atoms with van der Waals surface area (Å²) in [5.74, 6) is 0.811. The molecule has 0 unspecified atom stereocenters. The summed E-state index contributed by atoms with van der Waals surface area (Å²) < 4.78 is 27.8. The second kappa shape index (κ2) is 9.98. The number of nitrogens with one attached hydrogen (secondary N) is 1. The monoisotopic (exact) mass is 455 g/mol. The van der Waals surface area contributed by atoms with Gasteiger partial charge in [0, 0.05) is 31.2 Å². The summed E-state index contributed by atoms with van der Waals surface area (Å²) in [5.41, 5.74) is 0.322. The summed E-state index contributed by atoms with van der Waals surface area (Å²) in [7, 11) is -3.72. The highest BCUT2D eigenvalue weighted by Gasteiger charge is 2.31. The highest BCUT2D eigenvalue weighted by molar-refractivity contribution is 7.89. The Bertz CT molecular complexity index is 853. The van der Waals surface area contributed by atoms with Crippen LogP contribution in [0.25, 0.3) is 0 Å². The van der Waals surface area contributed by atoms with E-state index >= 15 is 0 Å². The maximum atomic E-state index is 13.1. The van der Waals surface area contributed by atoms with Crippen molar-refractivity contribution in [3.8, 4) is 0 Å². The SMILES string of the molecule is CC1CCN([C@@H](C)CNC(=O)c2ccc(Cl)c(S(=O)(=O)N3CCC[C@H](C)C3)c2)CC1. The first-order chi connectivity index (χ1) is 14.2. The van der Waals surface area contributed by atoms with Crippen LogP contribution in [0.5, 0.6) is 0 Å². The molecule has 1 aromatic rings. The Morgan fingerprint density at radius 3 is 2.53 bits per heavy atom. The number of hydrogen-bond acceptors (Lipinski definition) is 4. The molecular weight excluding hydrogens is 422 g/mol. The molecule has 0 saturated carbocycles. The fourth-order valence-corrected chi connectivity index (χ4v) is 6.39. The normalized spacial score (nSPS) is 23.3. The summed E-state index contributed by atoms with van der Waals surface area (Å²) in [6.07, 6.45) is 4.24. The van der Waals surface area contributed by atoms with Gasteiger partial charge < -0.3 is 5.32 Å². The lowest BCUT2D eigenvalue weighted by atomic mass is 9.98. The molecule has 0 aliphatic carbocycles. The first kappa shape index (κ1) is 23.5. The quantitative estimate of drug-likeness (QED) is 0.711. The second-order valence-electron chi connectivity index (χ2n) is 9.03. The van der Waals surface area contributed by atoms with Crippen molar-refractivity contribution < 1.29 is 13.2 Å². The van der Waals surface area contributed by atoms with Gasteiger partial charge in [0.15, 0.2) is 0 Å². The van der Waals surface area contributed by atoms with E-state index in [9.17, 15) is 13.2 Å². The number of carbonyl (C=O) groups excluding carboxylic acids is 1. The molecule has 6 nitrogen and oxygen atoms in total. The summed E-state index contributed by atoms with van der Waals surface area (Å²) >= 11 is 6.24. The van der Waals surface area contributed by atoms with Gasteiger partial charge in [0.05, 0.1) is 5.02 Å². The number of sulfonamides is 1. The molecule has 0 bridgehead atoms. The zero-order chi connectivity index (χ0) is 21.9. The molecule has 1 N–H and O–H groups in total. The summed E-state index contributed by atoms with van der Waals surface area (Å²) in [4.78, 5) is 15.1. The number of amides is 1. The topological polar surface area (TPSA) is 69.7 Å². The van der Waals surface area contributed by atoms with E-state index < -0.39 is 10.0 Å². The van der Waals surface area contributed by atoms with Gasteiger partial charge in [-0.25, -0.2) is 8.42 Å². The fraction of sp³-hybridized carbons (Fsp3) is 0.682. The number of carbonyl (C=O) groups is 1. The molecule has 2 heterocycles. The van der Waals surface area contributed by atoms with Crippen LogP contribution in [0.4, 0.5) is 0 Å². The van der Waals surface area contributed by atoms with E-state index in [2.05, 4.69) is 31.0 Å². The molecule has 0 radical (unpaired) electrons. The second-order valence-corrected chi connectivity index (χ2v) is 11.3. The Morgan fingerprint density at radius 1 is 1.17 bits per heavy atom. The average Bonchev–Trinajstić information content (AvgIpc) is 2.72. The van der Waals surface area contributed by atoms with Crippen molar-refractivity contribution in [3.63, 3.8) is 0 Å². The fourth-order valence-electron chi connectivity index (χ4n) is 4.29. The van der Waals surface area contributed by atoms with E-state index in [1.165, 1.54) is 29.3 Å². The van der Waals surface area contributed by atoms with E-state index in [1.54, 1.807) is 6.07 Å². The number of piperidine rings is 2. The van der Waals surface area contributed by atoms with Crippen molar-refractivity contribution in [1.29, 1.82) is 0 Å². The van der Waals surface area contributed by atoms with Gasteiger partial charge in [-0.3, -0.25) is 9.69 Å². The average molecular weight is 456 g/mol. The molecule has 2 aliphatic heterocycles. The van der Waals surface area contributed by atoms with Crippen molar-refractivity contribution in [2.75, 3.05) is 32.7 Å². The molecule has 2 aliphatic rings. The standard InChI is InChI=1S/C22H34ClN3O3S/c1-16-8-11-25(12-9-16)18(3)14-24-22(27)19-6-7-20(23)21(13-19)30(28,29)26-10-4-5-17(2)15-26/h6-7,13,16-18H,4-5,8-12,14-15H2,1-3H3,(H,24,27)/t17-,18-/m0/s1. The highest BCUT2D eigenvalue weighted by Crippen LogP contribution is 2.29. The molecule has 2 fully saturated rings. The molecule has 3 rings (SSSR count). The van der Waals surface area contributed by atoms with Crippen LogP contribution < -0.4 is 5.32 Å². The maximum Gasteiger partial charge on any atom is 0.251 e. The molecule has 1 amide bonds. The van der Waals surface area contributed by atoms with E-state index in [-0.39, 0.29) is 21.9 Å². The maximum absolute atomic E-state index is 13.1. The van der Waals surface area contributed by atoms with Crippen LogP contribution in [0.3, 0.4) is 0 Å². The van der Waals surface area contributed by atoms with Gasteiger partial charge in [-0.05, 0) is 75.7 Å². The van der Waals surface area contributed by atoms with Crippen LogP contribution in [0.2, 0.25) is 5.02 Å².